The molecule has 1 unspecified atom stereocenters. The Bertz CT molecular complexity index is 790. The average molecular weight is 405 g/mol. The van der Waals surface area contributed by atoms with Crippen molar-refractivity contribution in [2.75, 3.05) is 6.54 Å². The number of carboxylic acid groups (broad SMARTS) is 1. The van der Waals surface area contributed by atoms with E-state index in [9.17, 15) is 14.4 Å². The number of rotatable bonds is 8. The minimum atomic E-state index is -1.08. The molecule has 8 heteroatoms. The van der Waals surface area contributed by atoms with Gasteiger partial charge in [-0.2, -0.15) is 0 Å². The molecule has 1 aliphatic heterocycles. The zero-order valence-electron chi connectivity index (χ0n) is 14.8. The Kier molecular flexibility index (Phi) is 7.75. The highest BCUT2D eigenvalue weighted by molar-refractivity contribution is 8.26. The number of aliphatic carboxylic acids is 1. The van der Waals surface area contributed by atoms with E-state index >= 15 is 0 Å². The molecule has 6 nitrogen and oxygen atoms in total. The summed E-state index contributed by atoms with van der Waals surface area (Å²) >= 11 is 6.40. The van der Waals surface area contributed by atoms with Crippen LogP contribution in [0.4, 0.5) is 0 Å². The van der Waals surface area contributed by atoms with Crippen LogP contribution in [0.3, 0.4) is 0 Å². The molecule has 1 atom stereocenters. The summed E-state index contributed by atoms with van der Waals surface area (Å²) < 4.78 is 0.387. The maximum atomic E-state index is 12.4. The van der Waals surface area contributed by atoms with Gasteiger partial charge in [0.05, 0.1) is 4.91 Å². The van der Waals surface area contributed by atoms with Gasteiger partial charge >= 0.3 is 5.97 Å². The van der Waals surface area contributed by atoms with Gasteiger partial charge in [0.2, 0.25) is 5.91 Å². The number of carboxylic acids is 1. The van der Waals surface area contributed by atoms with Crippen molar-refractivity contribution in [1.82, 2.24) is 10.2 Å². The van der Waals surface area contributed by atoms with Gasteiger partial charge in [-0.3, -0.25) is 14.5 Å². The van der Waals surface area contributed by atoms with Crippen molar-refractivity contribution in [2.45, 2.75) is 25.8 Å². The first-order valence-corrected chi connectivity index (χ1v) is 9.64. The molecule has 0 aliphatic carbocycles. The SMILES string of the molecule is CCC(NC(=O)CCN1C(=O)/C(=C\C=C\c2ccccc2)SC1=S)C(=O)O. The smallest absolute Gasteiger partial charge is 0.326 e. The van der Waals surface area contributed by atoms with Crippen molar-refractivity contribution in [1.29, 1.82) is 0 Å². The third-order valence-corrected chi connectivity index (χ3v) is 5.21. The van der Waals surface area contributed by atoms with Gasteiger partial charge in [-0.25, -0.2) is 4.79 Å². The largest absolute Gasteiger partial charge is 0.480 e. The van der Waals surface area contributed by atoms with Gasteiger partial charge in [0, 0.05) is 13.0 Å². The molecule has 27 heavy (non-hydrogen) atoms. The zero-order chi connectivity index (χ0) is 19.8. The predicted octanol–water partition coefficient (Wildman–Crippen LogP) is 2.81. The minimum Gasteiger partial charge on any atom is -0.480 e. The van der Waals surface area contributed by atoms with E-state index in [0.29, 0.717) is 15.6 Å². The molecule has 2 rings (SSSR count). The first-order valence-electron chi connectivity index (χ1n) is 8.41. The second kappa shape index (κ2) is 10.0. The summed E-state index contributed by atoms with van der Waals surface area (Å²) in [5, 5.41) is 11.4. The van der Waals surface area contributed by atoms with E-state index in [2.05, 4.69) is 5.32 Å². The highest BCUT2D eigenvalue weighted by Crippen LogP contribution is 2.31. The Morgan fingerprint density at radius 3 is 2.67 bits per heavy atom. The number of benzene rings is 1. The van der Waals surface area contributed by atoms with Crippen molar-refractivity contribution in [3.05, 3.63) is 53.0 Å². The van der Waals surface area contributed by atoms with E-state index in [0.717, 1.165) is 5.56 Å². The van der Waals surface area contributed by atoms with Crippen molar-refractivity contribution < 1.29 is 19.5 Å². The Morgan fingerprint density at radius 2 is 2.04 bits per heavy atom. The van der Waals surface area contributed by atoms with Crippen molar-refractivity contribution >= 4 is 52.2 Å². The van der Waals surface area contributed by atoms with Crippen LogP contribution in [0, 0.1) is 0 Å². The third-order valence-electron chi connectivity index (χ3n) is 3.81. The lowest BCUT2D eigenvalue weighted by atomic mass is 10.2. The summed E-state index contributed by atoms with van der Waals surface area (Å²) in [5.41, 5.74) is 1.02. The number of carbonyl (C=O) groups is 3. The van der Waals surface area contributed by atoms with Crippen molar-refractivity contribution in [3.8, 4) is 0 Å². The van der Waals surface area contributed by atoms with E-state index in [1.54, 1.807) is 19.1 Å². The van der Waals surface area contributed by atoms with Crippen LogP contribution in [-0.2, 0) is 14.4 Å². The Balaban J connectivity index is 1.91. The Hall–Kier alpha value is -2.45. The molecule has 1 aromatic carbocycles. The second-order valence-electron chi connectivity index (χ2n) is 5.74. The third kappa shape index (κ3) is 6.04. The highest BCUT2D eigenvalue weighted by Gasteiger charge is 2.31. The van der Waals surface area contributed by atoms with E-state index in [1.807, 2.05) is 36.4 Å². The van der Waals surface area contributed by atoms with Crippen LogP contribution in [0.1, 0.15) is 25.3 Å². The second-order valence-corrected chi connectivity index (χ2v) is 7.42. The quantitative estimate of drug-likeness (QED) is 0.512. The number of nitrogens with zero attached hydrogens (tertiary/aromatic N) is 1. The fraction of sp³-hybridized carbons (Fsp3) is 0.263. The maximum Gasteiger partial charge on any atom is 0.326 e. The minimum absolute atomic E-state index is 0.0106. The van der Waals surface area contributed by atoms with Gasteiger partial charge in [0.1, 0.15) is 10.4 Å². The number of allylic oxidation sites excluding steroid dienone is 2. The first-order chi connectivity index (χ1) is 12.9. The molecule has 0 spiro atoms. The first kappa shape index (κ1) is 20.9. The molecule has 0 saturated carbocycles. The van der Waals surface area contributed by atoms with Gasteiger partial charge in [0.15, 0.2) is 0 Å². The lowest BCUT2D eigenvalue weighted by molar-refractivity contribution is -0.142. The summed E-state index contributed by atoms with van der Waals surface area (Å²) in [5.74, 6) is -1.75. The summed E-state index contributed by atoms with van der Waals surface area (Å²) in [7, 11) is 0. The highest BCUT2D eigenvalue weighted by atomic mass is 32.2. The van der Waals surface area contributed by atoms with Crippen LogP contribution in [0.25, 0.3) is 6.08 Å². The average Bonchev–Trinajstić information content (AvgIpc) is 2.92. The summed E-state index contributed by atoms with van der Waals surface area (Å²) in [6.07, 6.45) is 5.65. The van der Waals surface area contributed by atoms with Crippen LogP contribution in [-0.4, -0.2) is 44.7 Å². The molecule has 0 radical (unpaired) electrons. The zero-order valence-corrected chi connectivity index (χ0v) is 16.4. The van der Waals surface area contributed by atoms with Gasteiger partial charge < -0.3 is 10.4 Å². The molecule has 1 aromatic rings. The van der Waals surface area contributed by atoms with E-state index in [4.69, 9.17) is 17.3 Å². The molecule has 1 fully saturated rings. The van der Waals surface area contributed by atoms with Crippen molar-refractivity contribution in [2.24, 2.45) is 0 Å². The number of amides is 2. The number of carbonyl (C=O) groups excluding carboxylic acids is 2. The normalized spacial score (nSPS) is 16.9. The lowest BCUT2D eigenvalue weighted by Gasteiger charge is -2.16. The van der Waals surface area contributed by atoms with Gasteiger partial charge in [0.25, 0.3) is 5.91 Å². The monoisotopic (exact) mass is 404 g/mol. The summed E-state index contributed by atoms with van der Waals surface area (Å²) in [6.45, 7) is 1.79. The molecular weight excluding hydrogens is 384 g/mol. The number of thiocarbonyl (C=S) groups is 1. The number of thioether (sulfide) groups is 1. The molecular formula is C19H20N2O4S2. The van der Waals surface area contributed by atoms with Gasteiger partial charge in [-0.15, -0.1) is 0 Å². The molecule has 0 aromatic heterocycles. The molecule has 2 N–H and O–H groups in total. The lowest BCUT2D eigenvalue weighted by Crippen LogP contribution is -2.42. The summed E-state index contributed by atoms with van der Waals surface area (Å²) in [6, 6.07) is 8.77. The number of nitrogens with one attached hydrogen (secondary N) is 1. The Morgan fingerprint density at radius 1 is 1.33 bits per heavy atom. The molecule has 142 valence electrons. The van der Waals surface area contributed by atoms with Gasteiger partial charge in [-0.1, -0.05) is 73.4 Å². The molecule has 2 amide bonds. The number of hydrogen-bond donors (Lipinski definition) is 2. The van der Waals surface area contributed by atoms with Crippen LogP contribution in [0.2, 0.25) is 0 Å². The fourth-order valence-electron chi connectivity index (χ4n) is 2.34. The molecule has 1 heterocycles. The summed E-state index contributed by atoms with van der Waals surface area (Å²) in [4.78, 5) is 37.2. The molecule has 1 aliphatic rings. The van der Waals surface area contributed by atoms with Crippen LogP contribution >= 0.6 is 24.0 Å². The van der Waals surface area contributed by atoms with E-state index in [1.165, 1.54) is 16.7 Å². The van der Waals surface area contributed by atoms with Crippen LogP contribution < -0.4 is 5.32 Å². The Labute approximate surface area is 167 Å². The van der Waals surface area contributed by atoms with E-state index in [-0.39, 0.29) is 18.9 Å². The molecule has 0 bridgehead atoms. The standard InChI is InChI=1S/C19H20N2O4S2/c1-2-14(18(24)25)20-16(22)11-12-21-17(23)15(27-19(21)26)10-6-9-13-7-4-3-5-8-13/h3-10,14H,2,11-12H2,1H3,(H,20,22)(H,24,25)/b9-6+,15-10+. The number of hydrogen-bond acceptors (Lipinski definition) is 5. The van der Waals surface area contributed by atoms with Crippen LogP contribution in [0.5, 0.6) is 0 Å². The maximum absolute atomic E-state index is 12.4. The van der Waals surface area contributed by atoms with Gasteiger partial charge in [-0.05, 0) is 18.1 Å². The predicted molar refractivity (Wildman–Crippen MR) is 110 cm³/mol. The van der Waals surface area contributed by atoms with E-state index < -0.39 is 17.9 Å². The van der Waals surface area contributed by atoms with Crippen molar-refractivity contribution in [3.63, 3.8) is 0 Å². The topological polar surface area (TPSA) is 86.7 Å². The molecule has 1 saturated heterocycles. The van der Waals surface area contributed by atoms with Crippen LogP contribution in [0.15, 0.2) is 47.4 Å². The fourth-order valence-corrected chi connectivity index (χ4v) is 3.60.